The normalized spacial score (nSPS) is 24.6. The SMILES string of the molecule is CNC1COCC1c1nc2ncc(Br)cc2[nH]1. The van der Waals surface area contributed by atoms with E-state index in [2.05, 4.69) is 36.2 Å². The third-order valence-corrected chi connectivity index (χ3v) is 3.56. The van der Waals surface area contributed by atoms with Crippen molar-refractivity contribution in [1.82, 2.24) is 20.3 Å². The van der Waals surface area contributed by atoms with E-state index in [0.29, 0.717) is 12.6 Å². The van der Waals surface area contributed by atoms with Crippen LogP contribution in [-0.2, 0) is 4.74 Å². The Morgan fingerprint density at radius 2 is 2.41 bits per heavy atom. The molecule has 1 fully saturated rings. The number of halogens is 1. The van der Waals surface area contributed by atoms with Gasteiger partial charge in [-0.1, -0.05) is 0 Å². The van der Waals surface area contributed by atoms with Crippen LogP contribution >= 0.6 is 15.9 Å². The van der Waals surface area contributed by atoms with Crippen molar-refractivity contribution < 1.29 is 4.74 Å². The van der Waals surface area contributed by atoms with Crippen LogP contribution in [0.5, 0.6) is 0 Å². The fourth-order valence-corrected chi connectivity index (χ4v) is 2.51. The molecule has 90 valence electrons. The number of likely N-dealkylation sites (N-methyl/N-ethyl adjacent to an activating group) is 1. The van der Waals surface area contributed by atoms with Crippen molar-refractivity contribution in [2.45, 2.75) is 12.0 Å². The number of aromatic nitrogens is 3. The number of hydrogen-bond acceptors (Lipinski definition) is 4. The monoisotopic (exact) mass is 296 g/mol. The minimum Gasteiger partial charge on any atom is -0.379 e. The van der Waals surface area contributed by atoms with Crippen LogP contribution in [0, 0.1) is 0 Å². The summed E-state index contributed by atoms with van der Waals surface area (Å²) in [6.07, 6.45) is 1.76. The van der Waals surface area contributed by atoms with Crippen molar-refractivity contribution in [3.05, 3.63) is 22.6 Å². The highest BCUT2D eigenvalue weighted by Crippen LogP contribution is 2.25. The standard InChI is InChI=1S/C11H13BrN4O/c1-13-9-5-17-4-7(9)10-15-8-2-6(12)3-14-11(8)16-10/h2-3,7,9,13H,4-5H2,1H3,(H,14,15,16). The zero-order valence-electron chi connectivity index (χ0n) is 9.40. The van der Waals surface area contributed by atoms with E-state index in [1.54, 1.807) is 6.20 Å². The zero-order valence-corrected chi connectivity index (χ0v) is 11.0. The quantitative estimate of drug-likeness (QED) is 0.880. The molecule has 17 heavy (non-hydrogen) atoms. The van der Waals surface area contributed by atoms with Gasteiger partial charge in [0.25, 0.3) is 0 Å². The van der Waals surface area contributed by atoms with Gasteiger partial charge in [0, 0.05) is 16.7 Å². The van der Waals surface area contributed by atoms with Gasteiger partial charge in [-0.2, -0.15) is 0 Å². The summed E-state index contributed by atoms with van der Waals surface area (Å²) in [4.78, 5) is 12.1. The van der Waals surface area contributed by atoms with E-state index in [4.69, 9.17) is 4.74 Å². The van der Waals surface area contributed by atoms with E-state index in [9.17, 15) is 0 Å². The van der Waals surface area contributed by atoms with Gasteiger partial charge in [0.1, 0.15) is 5.82 Å². The maximum Gasteiger partial charge on any atom is 0.177 e. The first-order valence-electron chi connectivity index (χ1n) is 5.54. The van der Waals surface area contributed by atoms with Crippen LogP contribution in [-0.4, -0.2) is 41.3 Å². The number of pyridine rings is 1. The lowest BCUT2D eigenvalue weighted by Crippen LogP contribution is -2.31. The van der Waals surface area contributed by atoms with E-state index < -0.39 is 0 Å². The lowest BCUT2D eigenvalue weighted by Gasteiger charge is -2.13. The number of H-pyrrole nitrogens is 1. The van der Waals surface area contributed by atoms with Crippen LogP contribution in [0.15, 0.2) is 16.7 Å². The molecule has 6 heteroatoms. The second-order valence-corrected chi connectivity index (χ2v) is 5.10. The predicted molar refractivity (Wildman–Crippen MR) is 68.0 cm³/mol. The fraction of sp³-hybridized carbons (Fsp3) is 0.455. The van der Waals surface area contributed by atoms with E-state index >= 15 is 0 Å². The second-order valence-electron chi connectivity index (χ2n) is 4.19. The molecule has 5 nitrogen and oxygen atoms in total. The number of rotatable bonds is 2. The Kier molecular flexibility index (Phi) is 2.85. The number of nitrogens with one attached hydrogen (secondary N) is 2. The molecule has 0 radical (unpaired) electrons. The van der Waals surface area contributed by atoms with Gasteiger partial charge in [-0.05, 0) is 29.0 Å². The molecule has 2 unspecified atom stereocenters. The van der Waals surface area contributed by atoms with Gasteiger partial charge in [-0.25, -0.2) is 9.97 Å². The summed E-state index contributed by atoms with van der Waals surface area (Å²) in [7, 11) is 1.95. The van der Waals surface area contributed by atoms with Gasteiger partial charge < -0.3 is 15.0 Å². The maximum absolute atomic E-state index is 5.48. The maximum atomic E-state index is 5.48. The molecule has 2 atom stereocenters. The predicted octanol–water partition coefficient (Wildman–Crippen LogP) is 1.42. The van der Waals surface area contributed by atoms with Crippen molar-refractivity contribution in [2.75, 3.05) is 20.3 Å². The first-order chi connectivity index (χ1) is 8.28. The summed E-state index contributed by atoms with van der Waals surface area (Å²) >= 11 is 3.40. The highest BCUT2D eigenvalue weighted by atomic mass is 79.9. The summed E-state index contributed by atoms with van der Waals surface area (Å²) in [5.74, 6) is 1.22. The highest BCUT2D eigenvalue weighted by molar-refractivity contribution is 9.10. The van der Waals surface area contributed by atoms with E-state index in [0.717, 1.165) is 28.1 Å². The van der Waals surface area contributed by atoms with Gasteiger partial charge in [-0.3, -0.25) is 0 Å². The van der Waals surface area contributed by atoms with Crippen molar-refractivity contribution >= 4 is 27.1 Å². The van der Waals surface area contributed by atoms with Crippen LogP contribution in [0.3, 0.4) is 0 Å². The van der Waals surface area contributed by atoms with E-state index in [1.165, 1.54) is 0 Å². The van der Waals surface area contributed by atoms with Crippen molar-refractivity contribution in [2.24, 2.45) is 0 Å². The molecule has 0 saturated carbocycles. The molecule has 0 amide bonds. The lowest BCUT2D eigenvalue weighted by atomic mass is 10.0. The Balaban J connectivity index is 2.00. The second kappa shape index (κ2) is 4.36. The molecule has 2 N–H and O–H groups in total. The van der Waals surface area contributed by atoms with E-state index in [1.807, 2.05) is 13.1 Å². The van der Waals surface area contributed by atoms with Crippen molar-refractivity contribution in [3.8, 4) is 0 Å². The first kappa shape index (κ1) is 11.1. The lowest BCUT2D eigenvalue weighted by molar-refractivity contribution is 0.188. The molecule has 0 spiro atoms. The average molecular weight is 297 g/mol. The van der Waals surface area contributed by atoms with Crippen LogP contribution in [0.25, 0.3) is 11.2 Å². The molecule has 2 aromatic rings. The molecule has 1 aliphatic heterocycles. The first-order valence-corrected chi connectivity index (χ1v) is 6.33. The highest BCUT2D eigenvalue weighted by Gasteiger charge is 2.30. The molecule has 1 saturated heterocycles. The van der Waals surface area contributed by atoms with Gasteiger partial charge in [-0.15, -0.1) is 0 Å². The van der Waals surface area contributed by atoms with Gasteiger partial charge in [0.15, 0.2) is 5.65 Å². The molecule has 3 heterocycles. The Labute approximate surface area is 107 Å². The average Bonchev–Trinajstić information content (AvgIpc) is 2.93. The third kappa shape index (κ3) is 1.96. The molecule has 0 aliphatic carbocycles. The number of aromatic amines is 1. The smallest absolute Gasteiger partial charge is 0.177 e. The molecule has 0 aromatic carbocycles. The number of hydrogen-bond donors (Lipinski definition) is 2. The summed E-state index contributed by atoms with van der Waals surface area (Å²) in [6.45, 7) is 1.43. The Bertz CT molecular complexity index is 541. The molecule has 3 rings (SSSR count). The van der Waals surface area contributed by atoms with E-state index in [-0.39, 0.29) is 5.92 Å². The minimum atomic E-state index is 0.271. The van der Waals surface area contributed by atoms with Crippen molar-refractivity contribution in [1.29, 1.82) is 0 Å². The molecule has 2 aromatic heterocycles. The third-order valence-electron chi connectivity index (χ3n) is 3.12. The fourth-order valence-electron chi connectivity index (χ4n) is 2.18. The molecular weight excluding hydrogens is 284 g/mol. The Morgan fingerprint density at radius 3 is 3.24 bits per heavy atom. The summed E-state index contributed by atoms with van der Waals surface area (Å²) < 4.78 is 6.43. The largest absolute Gasteiger partial charge is 0.379 e. The zero-order chi connectivity index (χ0) is 11.8. The Morgan fingerprint density at radius 1 is 1.53 bits per heavy atom. The van der Waals surface area contributed by atoms with Crippen LogP contribution in [0.1, 0.15) is 11.7 Å². The Hall–Kier alpha value is -0.980. The van der Waals surface area contributed by atoms with Crippen LogP contribution in [0.4, 0.5) is 0 Å². The summed E-state index contributed by atoms with van der Waals surface area (Å²) in [5.41, 5.74) is 1.71. The van der Waals surface area contributed by atoms with Gasteiger partial charge >= 0.3 is 0 Å². The van der Waals surface area contributed by atoms with Gasteiger partial charge in [0.05, 0.1) is 24.6 Å². The number of imidazole rings is 1. The van der Waals surface area contributed by atoms with Crippen LogP contribution < -0.4 is 5.32 Å². The summed E-state index contributed by atoms with van der Waals surface area (Å²) in [5, 5.41) is 3.25. The van der Waals surface area contributed by atoms with Gasteiger partial charge in [0.2, 0.25) is 0 Å². The molecular formula is C11H13BrN4O. The van der Waals surface area contributed by atoms with Crippen LogP contribution in [0.2, 0.25) is 0 Å². The topological polar surface area (TPSA) is 62.8 Å². The number of ether oxygens (including phenoxy) is 1. The molecule has 1 aliphatic rings. The number of fused-ring (bicyclic) bond motifs is 1. The number of nitrogens with zero attached hydrogens (tertiary/aromatic N) is 2. The minimum absolute atomic E-state index is 0.271. The van der Waals surface area contributed by atoms with Crippen molar-refractivity contribution in [3.63, 3.8) is 0 Å². The molecule has 0 bridgehead atoms. The summed E-state index contributed by atoms with van der Waals surface area (Å²) in [6, 6.07) is 2.31.